The highest BCUT2D eigenvalue weighted by molar-refractivity contribution is 9.10. The van der Waals surface area contributed by atoms with Crippen molar-refractivity contribution >= 4 is 54.9 Å². The van der Waals surface area contributed by atoms with Crippen molar-refractivity contribution in [2.45, 2.75) is 27.2 Å². The Morgan fingerprint density at radius 3 is 2.55 bits per heavy atom. The van der Waals surface area contributed by atoms with Gasteiger partial charge >= 0.3 is 5.97 Å². The van der Waals surface area contributed by atoms with Gasteiger partial charge in [-0.15, -0.1) is 11.3 Å². The average molecular weight is 476 g/mol. The number of fused-ring (bicyclic) bond motifs is 1. The molecule has 0 spiro atoms. The summed E-state index contributed by atoms with van der Waals surface area (Å²) in [5.74, 6) is -0.127. The molecule has 0 aliphatic heterocycles. The molecule has 5 nitrogen and oxygen atoms in total. The molecule has 3 aromatic rings. The first kappa shape index (κ1) is 21.3. The topological polar surface area (TPSA) is 64.6 Å². The normalized spacial score (nSPS) is 10.8. The van der Waals surface area contributed by atoms with Crippen LogP contribution in [0.3, 0.4) is 0 Å². The van der Waals surface area contributed by atoms with Crippen molar-refractivity contribution in [3.05, 3.63) is 56.9 Å². The lowest BCUT2D eigenvalue weighted by Gasteiger charge is -2.10. The van der Waals surface area contributed by atoms with E-state index in [0.29, 0.717) is 22.7 Å². The highest BCUT2D eigenvalue weighted by Gasteiger charge is 2.23. The lowest BCUT2D eigenvalue weighted by molar-refractivity contribution is -0.118. The maximum absolute atomic E-state index is 12.4. The molecule has 0 saturated carbocycles. The summed E-state index contributed by atoms with van der Waals surface area (Å²) in [6.45, 7) is 5.81. The van der Waals surface area contributed by atoms with Gasteiger partial charge in [0.25, 0.3) is 5.91 Å². The van der Waals surface area contributed by atoms with E-state index in [-0.39, 0.29) is 19.1 Å². The first-order valence-electron chi connectivity index (χ1n) is 9.34. The summed E-state index contributed by atoms with van der Waals surface area (Å²) in [5, 5.41) is 5.42. The fourth-order valence-corrected chi connectivity index (χ4v) is 4.64. The van der Waals surface area contributed by atoms with E-state index in [1.54, 1.807) is 6.92 Å². The summed E-state index contributed by atoms with van der Waals surface area (Å²) >= 11 is 4.83. The van der Waals surface area contributed by atoms with Crippen molar-refractivity contribution in [2.75, 3.05) is 18.5 Å². The number of benzene rings is 2. The molecule has 0 atom stereocenters. The van der Waals surface area contributed by atoms with E-state index in [4.69, 9.17) is 9.47 Å². The molecule has 0 bridgehead atoms. The molecule has 0 radical (unpaired) electrons. The Hall–Kier alpha value is -2.38. The molecule has 1 aromatic heterocycles. The Labute approximate surface area is 182 Å². The molecule has 0 aliphatic carbocycles. The van der Waals surface area contributed by atoms with Gasteiger partial charge in [0.15, 0.2) is 6.61 Å². The molecule has 29 heavy (non-hydrogen) atoms. The number of hydrogen-bond donors (Lipinski definition) is 1. The quantitative estimate of drug-likeness (QED) is 0.443. The van der Waals surface area contributed by atoms with Gasteiger partial charge in [-0.3, -0.25) is 4.79 Å². The Balaban J connectivity index is 1.71. The third-order valence-electron chi connectivity index (χ3n) is 4.44. The lowest BCUT2D eigenvalue weighted by atomic mass is 10.1. The predicted molar refractivity (Wildman–Crippen MR) is 120 cm³/mol. The van der Waals surface area contributed by atoms with Gasteiger partial charge in [0.1, 0.15) is 10.8 Å². The van der Waals surface area contributed by atoms with Crippen LogP contribution in [0.4, 0.5) is 5.00 Å². The summed E-state index contributed by atoms with van der Waals surface area (Å²) in [6.07, 6.45) is 0.691. The minimum Gasteiger partial charge on any atom is -0.484 e. The van der Waals surface area contributed by atoms with Crippen LogP contribution in [0.5, 0.6) is 5.75 Å². The highest BCUT2D eigenvalue weighted by atomic mass is 79.9. The van der Waals surface area contributed by atoms with Crippen molar-refractivity contribution < 1.29 is 19.1 Å². The molecule has 152 valence electrons. The lowest BCUT2D eigenvalue weighted by Crippen LogP contribution is -2.21. The van der Waals surface area contributed by atoms with E-state index < -0.39 is 5.97 Å². The van der Waals surface area contributed by atoms with E-state index in [1.807, 2.05) is 50.2 Å². The maximum Gasteiger partial charge on any atom is 0.341 e. The number of thiophene rings is 1. The number of amides is 1. The standard InChI is InChI=1S/C22H22BrNO4S/c1-4-18-13(3)29-21(20(18)22(26)27-5-2)24-19(25)12-28-17-9-7-14-10-16(23)8-6-15(14)11-17/h6-11H,4-5,12H2,1-3H3,(H,24,25). The fraction of sp³-hybridized carbons (Fsp3) is 0.273. The van der Waals surface area contributed by atoms with Crippen molar-refractivity contribution in [3.8, 4) is 5.75 Å². The van der Waals surface area contributed by atoms with Crippen LogP contribution in [0.25, 0.3) is 10.8 Å². The number of ether oxygens (including phenoxy) is 2. The fourth-order valence-electron chi connectivity index (χ4n) is 3.11. The summed E-state index contributed by atoms with van der Waals surface area (Å²) in [6, 6.07) is 11.6. The number of esters is 1. The molecular weight excluding hydrogens is 454 g/mol. The van der Waals surface area contributed by atoms with Crippen LogP contribution in [-0.2, 0) is 16.0 Å². The molecule has 1 amide bonds. The van der Waals surface area contributed by atoms with E-state index >= 15 is 0 Å². The molecule has 1 heterocycles. The third-order valence-corrected chi connectivity index (χ3v) is 5.99. The van der Waals surface area contributed by atoms with Crippen LogP contribution in [-0.4, -0.2) is 25.1 Å². The number of hydrogen-bond acceptors (Lipinski definition) is 5. The van der Waals surface area contributed by atoms with Crippen LogP contribution in [0.2, 0.25) is 0 Å². The molecule has 1 N–H and O–H groups in total. The number of nitrogens with one attached hydrogen (secondary N) is 1. The number of aryl methyl sites for hydroxylation is 1. The first-order valence-corrected chi connectivity index (χ1v) is 10.9. The van der Waals surface area contributed by atoms with Gasteiger partial charge in [-0.25, -0.2) is 4.79 Å². The second-order valence-electron chi connectivity index (χ2n) is 6.41. The van der Waals surface area contributed by atoms with Crippen LogP contribution in [0, 0.1) is 6.92 Å². The zero-order chi connectivity index (χ0) is 21.0. The smallest absolute Gasteiger partial charge is 0.341 e. The van der Waals surface area contributed by atoms with Gasteiger partial charge in [-0.05, 0) is 60.9 Å². The van der Waals surface area contributed by atoms with Gasteiger partial charge in [0.2, 0.25) is 0 Å². The largest absolute Gasteiger partial charge is 0.484 e. The number of carbonyl (C=O) groups is 2. The molecule has 0 saturated heterocycles. The molecule has 0 fully saturated rings. The van der Waals surface area contributed by atoms with E-state index in [0.717, 1.165) is 25.7 Å². The zero-order valence-corrected chi connectivity index (χ0v) is 18.9. The second kappa shape index (κ2) is 9.41. The monoisotopic (exact) mass is 475 g/mol. The van der Waals surface area contributed by atoms with Crippen molar-refractivity contribution in [1.82, 2.24) is 0 Å². The Morgan fingerprint density at radius 1 is 1.10 bits per heavy atom. The zero-order valence-electron chi connectivity index (χ0n) is 16.5. The first-order chi connectivity index (χ1) is 13.9. The predicted octanol–water partition coefficient (Wildman–Crippen LogP) is 5.73. The van der Waals surface area contributed by atoms with Crippen molar-refractivity contribution in [2.24, 2.45) is 0 Å². The minimum absolute atomic E-state index is 0.150. The average Bonchev–Trinajstić information content (AvgIpc) is 3.01. The molecule has 7 heteroatoms. The molecule has 3 rings (SSSR count). The van der Waals surface area contributed by atoms with E-state index in [1.165, 1.54) is 11.3 Å². The van der Waals surface area contributed by atoms with Gasteiger partial charge in [-0.1, -0.05) is 35.0 Å². The Kier molecular flexibility index (Phi) is 6.92. The Bertz CT molecular complexity index is 1060. The van der Waals surface area contributed by atoms with Crippen LogP contribution < -0.4 is 10.1 Å². The number of halogens is 1. The number of anilines is 1. The summed E-state index contributed by atoms with van der Waals surface area (Å²) in [7, 11) is 0. The summed E-state index contributed by atoms with van der Waals surface area (Å²) in [5.41, 5.74) is 1.35. The van der Waals surface area contributed by atoms with Crippen LogP contribution in [0.15, 0.2) is 40.9 Å². The SMILES string of the molecule is CCOC(=O)c1c(NC(=O)COc2ccc3cc(Br)ccc3c2)sc(C)c1CC. The molecule has 0 aliphatic rings. The van der Waals surface area contributed by atoms with Gasteiger partial charge in [0, 0.05) is 9.35 Å². The minimum atomic E-state index is -0.411. The van der Waals surface area contributed by atoms with E-state index in [2.05, 4.69) is 21.2 Å². The molecule has 2 aromatic carbocycles. The highest BCUT2D eigenvalue weighted by Crippen LogP contribution is 2.34. The van der Waals surface area contributed by atoms with Crippen molar-refractivity contribution in [1.29, 1.82) is 0 Å². The number of carbonyl (C=O) groups excluding carboxylic acids is 2. The van der Waals surface area contributed by atoms with E-state index in [9.17, 15) is 9.59 Å². The van der Waals surface area contributed by atoms with Gasteiger partial charge < -0.3 is 14.8 Å². The summed E-state index contributed by atoms with van der Waals surface area (Å²) < 4.78 is 11.8. The van der Waals surface area contributed by atoms with Crippen molar-refractivity contribution in [3.63, 3.8) is 0 Å². The molecular formula is C22H22BrNO4S. The Morgan fingerprint density at radius 2 is 1.83 bits per heavy atom. The second-order valence-corrected chi connectivity index (χ2v) is 8.55. The van der Waals surface area contributed by atoms with Gasteiger partial charge in [0.05, 0.1) is 12.2 Å². The summed E-state index contributed by atoms with van der Waals surface area (Å²) in [4.78, 5) is 25.8. The molecule has 0 unspecified atom stereocenters. The number of rotatable bonds is 7. The van der Waals surface area contributed by atoms with Crippen LogP contribution >= 0.6 is 27.3 Å². The maximum atomic E-state index is 12.4. The third kappa shape index (κ3) is 4.97. The van der Waals surface area contributed by atoms with Crippen LogP contribution in [0.1, 0.15) is 34.6 Å². The van der Waals surface area contributed by atoms with Gasteiger partial charge in [-0.2, -0.15) is 0 Å².